The molecule has 0 bridgehead atoms. The largest absolute Gasteiger partial charge is 0.340 e. The number of likely N-dealkylation sites (tertiary alicyclic amines) is 1. The van der Waals surface area contributed by atoms with Crippen LogP contribution in [0.5, 0.6) is 0 Å². The molecule has 0 N–H and O–H groups in total. The number of imidazole rings is 1. The summed E-state index contributed by atoms with van der Waals surface area (Å²) in [5.41, 5.74) is 1.69. The van der Waals surface area contributed by atoms with Crippen LogP contribution in [-0.2, 0) is 17.9 Å². The number of pyridine rings is 1. The average molecular weight is 423 g/mol. The molecule has 5 rings (SSSR count). The van der Waals surface area contributed by atoms with Crippen LogP contribution in [0.3, 0.4) is 0 Å². The van der Waals surface area contributed by atoms with E-state index in [1.807, 2.05) is 38.4 Å². The predicted molar refractivity (Wildman–Crippen MR) is 118 cm³/mol. The molecule has 1 saturated carbocycles. The van der Waals surface area contributed by atoms with Crippen LogP contribution in [0.2, 0.25) is 0 Å². The summed E-state index contributed by atoms with van der Waals surface area (Å²) in [5, 5.41) is 4.16. The molecule has 3 aromatic rings. The van der Waals surface area contributed by atoms with Gasteiger partial charge in [0.15, 0.2) is 5.65 Å². The molecule has 0 unspecified atom stereocenters. The van der Waals surface area contributed by atoms with Crippen LogP contribution < -0.4 is 5.69 Å². The van der Waals surface area contributed by atoms with Crippen molar-refractivity contribution in [2.45, 2.75) is 64.1 Å². The standard InChI is InChI=1S/C23H30N6O2/c30-21(10-15-27-13-5-12-25-27)26-14-9-19(17-26)29-22-20(8-4-11-24-22)28(23(29)31)16-18-6-2-1-3-7-18/h4-5,8,11-13,18-19H,1-3,6-7,9-10,14-17H2/t19-/m1/s1. The highest BCUT2D eigenvalue weighted by molar-refractivity contribution is 5.76. The van der Waals surface area contributed by atoms with Gasteiger partial charge in [-0.05, 0) is 43.4 Å². The van der Waals surface area contributed by atoms with Crippen molar-refractivity contribution >= 4 is 17.1 Å². The van der Waals surface area contributed by atoms with Crippen LogP contribution in [0.1, 0.15) is 51.0 Å². The quantitative estimate of drug-likeness (QED) is 0.612. The molecule has 1 atom stereocenters. The number of nitrogens with zero attached hydrogens (tertiary/aromatic N) is 6. The maximum absolute atomic E-state index is 13.5. The third-order valence-corrected chi connectivity index (χ3v) is 6.88. The third kappa shape index (κ3) is 4.03. The summed E-state index contributed by atoms with van der Waals surface area (Å²) >= 11 is 0. The van der Waals surface area contributed by atoms with E-state index in [0.717, 1.165) is 24.1 Å². The highest BCUT2D eigenvalue weighted by Crippen LogP contribution is 2.28. The van der Waals surface area contributed by atoms with Crippen LogP contribution >= 0.6 is 0 Å². The van der Waals surface area contributed by atoms with Gasteiger partial charge in [0, 0.05) is 51.2 Å². The predicted octanol–water partition coefficient (Wildman–Crippen LogP) is 2.84. The topological polar surface area (TPSA) is 78.0 Å². The zero-order valence-corrected chi connectivity index (χ0v) is 17.9. The molecule has 4 heterocycles. The number of carbonyl (C=O) groups excluding carboxylic acids is 1. The molecule has 0 radical (unpaired) electrons. The fourth-order valence-corrected chi connectivity index (χ4v) is 5.22. The number of rotatable bonds is 6. The van der Waals surface area contributed by atoms with Crippen molar-refractivity contribution < 1.29 is 4.79 Å². The van der Waals surface area contributed by atoms with Gasteiger partial charge < -0.3 is 4.90 Å². The van der Waals surface area contributed by atoms with E-state index in [4.69, 9.17) is 0 Å². The Hall–Kier alpha value is -2.90. The summed E-state index contributed by atoms with van der Waals surface area (Å²) in [6.07, 6.45) is 12.8. The molecule has 8 nitrogen and oxygen atoms in total. The summed E-state index contributed by atoms with van der Waals surface area (Å²) in [6, 6.07) is 5.75. The lowest BCUT2D eigenvalue weighted by atomic mass is 9.89. The molecule has 0 aromatic carbocycles. The summed E-state index contributed by atoms with van der Waals surface area (Å²) < 4.78 is 5.55. The number of hydrogen-bond acceptors (Lipinski definition) is 4. The lowest BCUT2D eigenvalue weighted by Crippen LogP contribution is -2.33. The zero-order chi connectivity index (χ0) is 21.2. The number of hydrogen-bond donors (Lipinski definition) is 0. The molecular weight excluding hydrogens is 392 g/mol. The summed E-state index contributed by atoms with van der Waals surface area (Å²) in [7, 11) is 0. The minimum absolute atomic E-state index is 0.0221. The molecule has 3 aromatic heterocycles. The average Bonchev–Trinajstić information content (AvgIpc) is 3.54. The van der Waals surface area contributed by atoms with E-state index in [1.165, 1.54) is 32.1 Å². The molecule has 0 spiro atoms. The molecule has 8 heteroatoms. The Bertz CT molecular complexity index is 1090. The monoisotopic (exact) mass is 422 g/mol. The Morgan fingerprint density at radius 2 is 1.97 bits per heavy atom. The second-order valence-corrected chi connectivity index (χ2v) is 8.91. The van der Waals surface area contributed by atoms with E-state index in [0.29, 0.717) is 32.0 Å². The van der Waals surface area contributed by atoms with E-state index in [9.17, 15) is 9.59 Å². The Morgan fingerprint density at radius 3 is 2.77 bits per heavy atom. The molecule has 2 aliphatic rings. The van der Waals surface area contributed by atoms with E-state index < -0.39 is 0 Å². The maximum atomic E-state index is 13.5. The van der Waals surface area contributed by atoms with Crippen molar-refractivity contribution in [2.24, 2.45) is 5.92 Å². The van der Waals surface area contributed by atoms with Crippen molar-refractivity contribution in [3.8, 4) is 0 Å². The van der Waals surface area contributed by atoms with Gasteiger partial charge in [0.05, 0.1) is 11.6 Å². The fraction of sp³-hybridized carbons (Fsp3) is 0.565. The van der Waals surface area contributed by atoms with Gasteiger partial charge >= 0.3 is 5.69 Å². The molecule has 31 heavy (non-hydrogen) atoms. The highest BCUT2D eigenvalue weighted by atomic mass is 16.2. The number of amides is 1. The molecular formula is C23H30N6O2. The van der Waals surface area contributed by atoms with Crippen LogP contribution in [0.25, 0.3) is 11.2 Å². The van der Waals surface area contributed by atoms with Crippen molar-refractivity contribution in [1.82, 2.24) is 28.8 Å². The van der Waals surface area contributed by atoms with E-state index in [1.54, 1.807) is 17.1 Å². The van der Waals surface area contributed by atoms with Gasteiger partial charge in [-0.25, -0.2) is 9.78 Å². The fourth-order valence-electron chi connectivity index (χ4n) is 5.22. The summed E-state index contributed by atoms with van der Waals surface area (Å²) in [6.45, 7) is 2.59. The second-order valence-electron chi connectivity index (χ2n) is 8.91. The Morgan fingerprint density at radius 1 is 1.10 bits per heavy atom. The number of aryl methyl sites for hydroxylation is 1. The van der Waals surface area contributed by atoms with Crippen LogP contribution in [-0.4, -0.2) is 47.8 Å². The Kier molecular flexibility index (Phi) is 5.61. The minimum Gasteiger partial charge on any atom is -0.340 e. The molecule has 1 saturated heterocycles. The molecule has 1 amide bonds. The van der Waals surface area contributed by atoms with Crippen molar-refractivity contribution in [2.75, 3.05) is 13.1 Å². The van der Waals surface area contributed by atoms with E-state index in [2.05, 4.69) is 10.1 Å². The molecule has 164 valence electrons. The number of carbonyl (C=O) groups is 1. The lowest BCUT2D eigenvalue weighted by molar-refractivity contribution is -0.130. The highest BCUT2D eigenvalue weighted by Gasteiger charge is 2.31. The van der Waals surface area contributed by atoms with Gasteiger partial charge in [-0.1, -0.05) is 19.3 Å². The molecule has 1 aliphatic heterocycles. The van der Waals surface area contributed by atoms with E-state index >= 15 is 0 Å². The Balaban J connectivity index is 1.34. The van der Waals surface area contributed by atoms with Gasteiger partial charge in [0.25, 0.3) is 0 Å². The molecule has 2 fully saturated rings. The zero-order valence-electron chi connectivity index (χ0n) is 17.9. The normalized spacial score (nSPS) is 20.0. The summed E-state index contributed by atoms with van der Waals surface area (Å²) in [5.74, 6) is 0.680. The minimum atomic E-state index is -0.0221. The summed E-state index contributed by atoms with van der Waals surface area (Å²) in [4.78, 5) is 32.6. The third-order valence-electron chi connectivity index (χ3n) is 6.88. The first-order valence-electron chi connectivity index (χ1n) is 11.5. The second kappa shape index (κ2) is 8.69. The first kappa shape index (κ1) is 20.0. The van der Waals surface area contributed by atoms with E-state index in [-0.39, 0.29) is 17.6 Å². The smallest absolute Gasteiger partial charge is 0.330 e. The first-order chi connectivity index (χ1) is 15.2. The van der Waals surface area contributed by atoms with Gasteiger partial charge in [0.1, 0.15) is 0 Å². The van der Waals surface area contributed by atoms with Crippen LogP contribution in [0.4, 0.5) is 0 Å². The molecule has 1 aliphatic carbocycles. The lowest BCUT2D eigenvalue weighted by Gasteiger charge is -2.21. The van der Waals surface area contributed by atoms with Gasteiger partial charge in [-0.2, -0.15) is 5.10 Å². The number of fused-ring (bicyclic) bond motifs is 1. The first-order valence-corrected chi connectivity index (χ1v) is 11.5. The SMILES string of the molecule is O=C(CCn1cccn1)N1CC[C@@H](n2c(=O)n(CC3CCCCC3)c3cccnc32)C1. The number of aromatic nitrogens is 5. The van der Waals surface area contributed by atoms with Crippen LogP contribution in [0.15, 0.2) is 41.6 Å². The van der Waals surface area contributed by atoms with Crippen molar-refractivity contribution in [3.63, 3.8) is 0 Å². The maximum Gasteiger partial charge on any atom is 0.330 e. The van der Waals surface area contributed by atoms with Gasteiger partial charge in [0.2, 0.25) is 5.91 Å². The van der Waals surface area contributed by atoms with Crippen molar-refractivity contribution in [3.05, 3.63) is 47.3 Å². The van der Waals surface area contributed by atoms with Gasteiger partial charge in [-0.3, -0.25) is 18.6 Å². The van der Waals surface area contributed by atoms with Crippen molar-refractivity contribution in [1.29, 1.82) is 0 Å². The Labute approximate surface area is 181 Å². The van der Waals surface area contributed by atoms with Crippen LogP contribution in [0, 0.1) is 5.92 Å². The van der Waals surface area contributed by atoms with Gasteiger partial charge in [-0.15, -0.1) is 0 Å².